The van der Waals surface area contributed by atoms with Crippen LogP contribution in [0.2, 0.25) is 0 Å². The standard InChI is InChI=1S/C14H19FN2O/c1-10-3-4-11(9-13(10)15)14(18)17(2)12-5-7-16-8-6-12/h3-4,9,12,16H,5-8H2,1-2H3. The molecule has 0 atom stereocenters. The van der Waals surface area contributed by atoms with Crippen molar-refractivity contribution in [2.75, 3.05) is 20.1 Å². The zero-order valence-electron chi connectivity index (χ0n) is 10.9. The summed E-state index contributed by atoms with van der Waals surface area (Å²) in [7, 11) is 1.80. The quantitative estimate of drug-likeness (QED) is 0.870. The summed E-state index contributed by atoms with van der Waals surface area (Å²) in [6, 6.07) is 4.93. The van der Waals surface area contributed by atoms with Gasteiger partial charge in [0.15, 0.2) is 0 Å². The molecule has 0 unspecified atom stereocenters. The van der Waals surface area contributed by atoms with Crippen LogP contribution in [0.25, 0.3) is 0 Å². The average molecular weight is 250 g/mol. The minimum absolute atomic E-state index is 0.0965. The van der Waals surface area contributed by atoms with Gasteiger partial charge in [0, 0.05) is 18.7 Å². The van der Waals surface area contributed by atoms with Crippen molar-refractivity contribution in [2.24, 2.45) is 0 Å². The Bertz CT molecular complexity index is 441. The molecule has 1 aliphatic heterocycles. The smallest absolute Gasteiger partial charge is 0.253 e. The largest absolute Gasteiger partial charge is 0.339 e. The van der Waals surface area contributed by atoms with Crippen LogP contribution in [0.1, 0.15) is 28.8 Å². The summed E-state index contributed by atoms with van der Waals surface area (Å²) in [6.07, 6.45) is 1.91. The molecule has 0 radical (unpaired) electrons. The summed E-state index contributed by atoms with van der Waals surface area (Å²) in [5.41, 5.74) is 0.996. The van der Waals surface area contributed by atoms with E-state index in [4.69, 9.17) is 0 Å². The van der Waals surface area contributed by atoms with Crippen LogP contribution in [-0.2, 0) is 0 Å². The number of carbonyl (C=O) groups excluding carboxylic acids is 1. The van der Waals surface area contributed by atoms with Crippen molar-refractivity contribution in [3.8, 4) is 0 Å². The fraction of sp³-hybridized carbons (Fsp3) is 0.500. The molecule has 0 aliphatic carbocycles. The number of rotatable bonds is 2. The van der Waals surface area contributed by atoms with Crippen molar-refractivity contribution in [3.63, 3.8) is 0 Å². The van der Waals surface area contributed by atoms with Crippen molar-refractivity contribution in [2.45, 2.75) is 25.8 Å². The Morgan fingerprint density at radius 2 is 2.06 bits per heavy atom. The van der Waals surface area contributed by atoms with Crippen molar-refractivity contribution < 1.29 is 9.18 Å². The Morgan fingerprint density at radius 3 is 2.67 bits per heavy atom. The highest BCUT2D eigenvalue weighted by Crippen LogP contribution is 2.15. The van der Waals surface area contributed by atoms with E-state index in [1.54, 1.807) is 31.0 Å². The lowest BCUT2D eigenvalue weighted by Gasteiger charge is -2.31. The van der Waals surface area contributed by atoms with Gasteiger partial charge in [0.2, 0.25) is 0 Å². The molecule has 98 valence electrons. The van der Waals surface area contributed by atoms with E-state index in [9.17, 15) is 9.18 Å². The fourth-order valence-electron chi connectivity index (χ4n) is 2.29. The van der Waals surface area contributed by atoms with Gasteiger partial charge in [-0.25, -0.2) is 4.39 Å². The Balaban J connectivity index is 2.11. The monoisotopic (exact) mass is 250 g/mol. The van der Waals surface area contributed by atoms with Crippen LogP contribution in [0.4, 0.5) is 4.39 Å². The topological polar surface area (TPSA) is 32.3 Å². The predicted octanol–water partition coefficient (Wildman–Crippen LogP) is 1.96. The second kappa shape index (κ2) is 5.48. The van der Waals surface area contributed by atoms with Gasteiger partial charge >= 0.3 is 0 Å². The molecule has 1 N–H and O–H groups in total. The molecule has 1 heterocycles. The van der Waals surface area contributed by atoms with Crippen molar-refractivity contribution in [1.29, 1.82) is 0 Å². The third kappa shape index (κ3) is 2.70. The van der Waals surface area contributed by atoms with Crippen LogP contribution in [0.5, 0.6) is 0 Å². The van der Waals surface area contributed by atoms with Gasteiger partial charge in [-0.2, -0.15) is 0 Å². The maximum Gasteiger partial charge on any atom is 0.253 e. The maximum atomic E-state index is 13.5. The molecular formula is C14H19FN2O. The number of nitrogens with one attached hydrogen (secondary N) is 1. The SMILES string of the molecule is Cc1ccc(C(=O)N(C)C2CCNCC2)cc1F. The van der Waals surface area contributed by atoms with E-state index >= 15 is 0 Å². The van der Waals surface area contributed by atoms with Gasteiger partial charge in [0.05, 0.1) is 0 Å². The Kier molecular flexibility index (Phi) is 3.97. The number of amides is 1. The number of hydrogen-bond acceptors (Lipinski definition) is 2. The zero-order chi connectivity index (χ0) is 13.1. The second-order valence-corrected chi connectivity index (χ2v) is 4.86. The molecule has 18 heavy (non-hydrogen) atoms. The number of nitrogens with zero attached hydrogens (tertiary/aromatic N) is 1. The molecule has 1 fully saturated rings. The lowest BCUT2D eigenvalue weighted by Crippen LogP contribution is -2.44. The van der Waals surface area contributed by atoms with E-state index in [0.717, 1.165) is 25.9 Å². The molecular weight excluding hydrogens is 231 g/mol. The minimum atomic E-state index is -0.320. The van der Waals surface area contributed by atoms with Gasteiger partial charge in [-0.3, -0.25) is 4.79 Å². The number of piperidine rings is 1. The number of hydrogen-bond donors (Lipinski definition) is 1. The third-order valence-corrected chi connectivity index (χ3v) is 3.60. The van der Waals surface area contributed by atoms with Crippen molar-refractivity contribution in [3.05, 3.63) is 35.1 Å². The van der Waals surface area contributed by atoms with Gasteiger partial charge in [-0.05, 0) is 50.6 Å². The van der Waals surface area contributed by atoms with Gasteiger partial charge < -0.3 is 10.2 Å². The summed E-state index contributed by atoms with van der Waals surface area (Å²) in [5, 5.41) is 3.27. The molecule has 4 heteroatoms. The summed E-state index contributed by atoms with van der Waals surface area (Å²) in [5.74, 6) is -0.416. The summed E-state index contributed by atoms with van der Waals surface area (Å²) >= 11 is 0. The summed E-state index contributed by atoms with van der Waals surface area (Å²) in [4.78, 5) is 14.0. The van der Waals surface area contributed by atoms with Crippen LogP contribution in [0.3, 0.4) is 0 Å². The average Bonchev–Trinajstić information content (AvgIpc) is 2.41. The van der Waals surface area contributed by atoms with Gasteiger partial charge in [0.1, 0.15) is 5.82 Å². The minimum Gasteiger partial charge on any atom is -0.339 e. The summed E-state index contributed by atoms with van der Waals surface area (Å²) in [6.45, 7) is 3.56. The van der Waals surface area contributed by atoms with E-state index < -0.39 is 0 Å². The third-order valence-electron chi connectivity index (χ3n) is 3.60. The first-order valence-corrected chi connectivity index (χ1v) is 6.33. The molecule has 0 saturated carbocycles. The highest BCUT2D eigenvalue weighted by molar-refractivity contribution is 5.94. The van der Waals surface area contributed by atoms with Crippen LogP contribution in [0, 0.1) is 12.7 Å². The van der Waals surface area contributed by atoms with Gasteiger partial charge in [0.25, 0.3) is 5.91 Å². The number of carbonyl (C=O) groups is 1. The summed E-state index contributed by atoms with van der Waals surface area (Å²) < 4.78 is 13.5. The fourth-order valence-corrected chi connectivity index (χ4v) is 2.29. The lowest BCUT2D eigenvalue weighted by atomic mass is 10.0. The first-order valence-electron chi connectivity index (χ1n) is 6.33. The predicted molar refractivity (Wildman–Crippen MR) is 69.1 cm³/mol. The maximum absolute atomic E-state index is 13.5. The first kappa shape index (κ1) is 13.0. The molecule has 1 aromatic carbocycles. The van der Waals surface area contributed by atoms with Gasteiger partial charge in [-0.15, -0.1) is 0 Å². The van der Waals surface area contributed by atoms with Gasteiger partial charge in [-0.1, -0.05) is 6.07 Å². The molecule has 0 bridgehead atoms. The normalized spacial score (nSPS) is 16.6. The van der Waals surface area contributed by atoms with Crippen LogP contribution in [-0.4, -0.2) is 37.0 Å². The highest BCUT2D eigenvalue weighted by atomic mass is 19.1. The van der Waals surface area contributed by atoms with Crippen molar-refractivity contribution >= 4 is 5.91 Å². The highest BCUT2D eigenvalue weighted by Gasteiger charge is 2.23. The molecule has 1 aromatic rings. The first-order chi connectivity index (χ1) is 8.59. The number of aryl methyl sites for hydroxylation is 1. The van der Waals surface area contributed by atoms with Crippen molar-refractivity contribution in [1.82, 2.24) is 10.2 Å². The molecule has 2 rings (SSSR count). The van der Waals surface area contributed by atoms with E-state index in [1.807, 2.05) is 0 Å². The van der Waals surface area contributed by atoms with E-state index in [1.165, 1.54) is 6.07 Å². The van der Waals surface area contributed by atoms with E-state index in [-0.39, 0.29) is 17.8 Å². The molecule has 3 nitrogen and oxygen atoms in total. The molecule has 0 aromatic heterocycles. The molecule has 0 spiro atoms. The van der Waals surface area contributed by atoms with Crippen LogP contribution in [0.15, 0.2) is 18.2 Å². The molecule has 1 saturated heterocycles. The van der Waals surface area contributed by atoms with Crippen LogP contribution >= 0.6 is 0 Å². The Labute approximate surface area is 107 Å². The van der Waals surface area contributed by atoms with E-state index in [2.05, 4.69) is 5.32 Å². The molecule has 1 amide bonds. The second-order valence-electron chi connectivity index (χ2n) is 4.86. The Hall–Kier alpha value is -1.42. The number of halogens is 1. The van der Waals surface area contributed by atoms with E-state index in [0.29, 0.717) is 11.1 Å². The zero-order valence-corrected chi connectivity index (χ0v) is 10.9. The lowest BCUT2D eigenvalue weighted by molar-refractivity contribution is 0.0702. The molecule has 1 aliphatic rings. The van der Waals surface area contributed by atoms with Crippen LogP contribution < -0.4 is 5.32 Å². The number of benzene rings is 1. The Morgan fingerprint density at radius 1 is 1.39 bits per heavy atom.